The van der Waals surface area contributed by atoms with Gasteiger partial charge in [0.05, 0.1) is 24.3 Å². The molecular weight excluding hydrogens is 372 g/mol. The first-order valence-corrected chi connectivity index (χ1v) is 9.42. The molecule has 1 atom stereocenters. The Hall–Kier alpha value is -3.09. The van der Waals surface area contributed by atoms with Gasteiger partial charge in [-0.15, -0.1) is 0 Å². The van der Waals surface area contributed by atoms with Gasteiger partial charge >= 0.3 is 0 Å². The van der Waals surface area contributed by atoms with E-state index in [-0.39, 0.29) is 6.04 Å². The molecule has 1 aromatic carbocycles. The van der Waals surface area contributed by atoms with Gasteiger partial charge in [-0.1, -0.05) is 48.0 Å². The van der Waals surface area contributed by atoms with Gasteiger partial charge in [0.2, 0.25) is 0 Å². The highest BCUT2D eigenvalue weighted by Crippen LogP contribution is 2.27. The van der Waals surface area contributed by atoms with Crippen LogP contribution in [0.5, 0.6) is 0 Å². The van der Waals surface area contributed by atoms with Gasteiger partial charge in [0, 0.05) is 23.7 Å². The van der Waals surface area contributed by atoms with E-state index in [1.165, 1.54) is 17.5 Å². The maximum Gasteiger partial charge on any atom is 0.163 e. The highest BCUT2D eigenvalue weighted by atomic mass is 35.5. The Morgan fingerprint density at radius 1 is 1.18 bits per heavy atom. The number of allylic oxidation sites excluding steroid dienone is 1. The average molecular weight is 389 g/mol. The van der Waals surface area contributed by atoms with Gasteiger partial charge < -0.3 is 5.01 Å². The minimum atomic E-state index is 0.212. The summed E-state index contributed by atoms with van der Waals surface area (Å²) < 4.78 is 0. The van der Waals surface area contributed by atoms with Crippen LogP contribution < -0.4 is 5.43 Å². The molecular formula is C21H17ClN6. The quantitative estimate of drug-likeness (QED) is 0.687. The third kappa shape index (κ3) is 3.40. The normalized spacial score (nSPS) is 19.9. The van der Waals surface area contributed by atoms with Gasteiger partial charge in [-0.05, 0) is 23.3 Å². The van der Waals surface area contributed by atoms with Crippen LogP contribution in [-0.2, 0) is 6.54 Å². The van der Waals surface area contributed by atoms with Crippen LogP contribution in [0.25, 0.3) is 10.9 Å². The SMILES string of the molecule is Clc1cc2c(N=C3C=CC4NN(Cc5ccccc5)C=C4C3)ncnc2cn1. The average Bonchev–Trinajstić information content (AvgIpc) is 3.11. The molecule has 0 saturated carbocycles. The van der Waals surface area contributed by atoms with Crippen molar-refractivity contribution in [3.63, 3.8) is 0 Å². The Balaban J connectivity index is 1.40. The maximum absolute atomic E-state index is 6.04. The Morgan fingerprint density at radius 2 is 2.07 bits per heavy atom. The molecule has 0 spiro atoms. The third-order valence-corrected chi connectivity index (χ3v) is 5.01. The Bertz CT molecular complexity index is 1120. The third-order valence-electron chi connectivity index (χ3n) is 4.80. The zero-order valence-corrected chi connectivity index (χ0v) is 15.7. The number of pyridine rings is 1. The van der Waals surface area contributed by atoms with Crippen molar-refractivity contribution in [2.24, 2.45) is 4.99 Å². The van der Waals surface area contributed by atoms with Crippen LogP contribution in [0.1, 0.15) is 12.0 Å². The van der Waals surface area contributed by atoms with Gasteiger partial charge in [-0.25, -0.2) is 25.4 Å². The first kappa shape index (κ1) is 17.0. The molecule has 1 aliphatic carbocycles. The van der Waals surface area contributed by atoms with E-state index in [9.17, 15) is 0 Å². The van der Waals surface area contributed by atoms with E-state index in [1.54, 1.807) is 12.3 Å². The number of nitrogens with zero attached hydrogens (tertiary/aromatic N) is 5. The number of benzene rings is 1. The van der Waals surface area contributed by atoms with Crippen molar-refractivity contribution >= 4 is 34.0 Å². The summed E-state index contributed by atoms with van der Waals surface area (Å²) in [6.07, 6.45) is 10.3. The minimum absolute atomic E-state index is 0.212. The van der Waals surface area contributed by atoms with Crippen molar-refractivity contribution in [2.45, 2.75) is 19.0 Å². The van der Waals surface area contributed by atoms with Crippen LogP contribution in [0.3, 0.4) is 0 Å². The van der Waals surface area contributed by atoms with Crippen LogP contribution in [0.2, 0.25) is 5.15 Å². The van der Waals surface area contributed by atoms with E-state index in [0.29, 0.717) is 11.0 Å². The molecule has 2 aliphatic rings. The van der Waals surface area contributed by atoms with Gasteiger partial charge in [-0.3, -0.25) is 0 Å². The Labute approximate surface area is 167 Å². The highest BCUT2D eigenvalue weighted by molar-refractivity contribution is 6.30. The van der Waals surface area contributed by atoms with Crippen molar-refractivity contribution in [3.8, 4) is 0 Å². The number of hydrazine groups is 1. The molecule has 1 N–H and O–H groups in total. The Kier molecular flexibility index (Phi) is 4.35. The van der Waals surface area contributed by atoms with Crippen molar-refractivity contribution in [2.75, 3.05) is 0 Å². The first-order chi connectivity index (χ1) is 13.7. The molecule has 0 radical (unpaired) electrons. The summed E-state index contributed by atoms with van der Waals surface area (Å²) in [6, 6.07) is 12.4. The first-order valence-electron chi connectivity index (χ1n) is 9.04. The van der Waals surface area contributed by atoms with Gasteiger partial charge in [-0.2, -0.15) is 0 Å². The molecule has 28 heavy (non-hydrogen) atoms. The van der Waals surface area contributed by atoms with Crippen LogP contribution >= 0.6 is 11.6 Å². The number of rotatable bonds is 3. The van der Waals surface area contributed by atoms with Crippen molar-refractivity contribution in [1.82, 2.24) is 25.4 Å². The number of nitrogens with one attached hydrogen (secondary N) is 1. The molecule has 5 rings (SSSR count). The molecule has 0 fully saturated rings. The number of aliphatic imine (C=N–C) groups is 1. The molecule has 0 bridgehead atoms. The topological polar surface area (TPSA) is 66.3 Å². The number of halogens is 1. The van der Waals surface area contributed by atoms with E-state index in [1.807, 2.05) is 6.07 Å². The van der Waals surface area contributed by atoms with E-state index < -0.39 is 0 Å². The number of fused-ring (bicyclic) bond motifs is 2. The fraction of sp³-hybridized carbons (Fsp3) is 0.143. The second-order valence-electron chi connectivity index (χ2n) is 6.78. The van der Waals surface area contributed by atoms with Gasteiger partial charge in [0.15, 0.2) is 5.82 Å². The Morgan fingerprint density at radius 3 is 2.96 bits per heavy atom. The summed E-state index contributed by atoms with van der Waals surface area (Å²) in [5.74, 6) is 0.611. The monoisotopic (exact) mass is 388 g/mol. The zero-order valence-electron chi connectivity index (χ0n) is 15.0. The molecule has 138 valence electrons. The lowest BCUT2D eigenvalue weighted by molar-refractivity contribution is 0.280. The van der Waals surface area contributed by atoms with E-state index in [2.05, 4.69) is 68.0 Å². The second-order valence-corrected chi connectivity index (χ2v) is 7.17. The van der Waals surface area contributed by atoms with E-state index >= 15 is 0 Å². The molecule has 0 saturated heterocycles. The lowest BCUT2D eigenvalue weighted by Crippen LogP contribution is -2.35. The molecule has 1 aliphatic heterocycles. The fourth-order valence-corrected chi connectivity index (χ4v) is 3.63. The summed E-state index contributed by atoms with van der Waals surface area (Å²) in [7, 11) is 0. The smallest absolute Gasteiger partial charge is 0.163 e. The molecule has 3 aromatic rings. The van der Waals surface area contributed by atoms with Crippen molar-refractivity contribution in [1.29, 1.82) is 0 Å². The van der Waals surface area contributed by atoms with Crippen LogP contribution in [0.15, 0.2) is 77.8 Å². The molecule has 7 heteroatoms. The van der Waals surface area contributed by atoms with Gasteiger partial charge in [0.25, 0.3) is 0 Å². The lowest BCUT2D eigenvalue weighted by atomic mass is 9.97. The number of hydrogen-bond donors (Lipinski definition) is 1. The molecule has 0 amide bonds. The largest absolute Gasteiger partial charge is 0.310 e. The summed E-state index contributed by atoms with van der Waals surface area (Å²) in [4.78, 5) is 17.4. The summed E-state index contributed by atoms with van der Waals surface area (Å²) in [5, 5.41) is 3.34. The standard InChI is InChI=1S/C21H17ClN6/c22-20-9-17-19(10-23-20)24-13-25-21(17)26-16-6-7-18-15(8-16)12-28(27-18)11-14-4-2-1-3-5-14/h1-7,9-10,12-13,18,27H,8,11H2. The van der Waals surface area contributed by atoms with Gasteiger partial charge in [0.1, 0.15) is 11.5 Å². The number of hydrogen-bond acceptors (Lipinski definition) is 6. The maximum atomic E-state index is 6.04. The number of aromatic nitrogens is 3. The predicted octanol–water partition coefficient (Wildman–Crippen LogP) is 3.98. The molecule has 2 aromatic heterocycles. The molecule has 6 nitrogen and oxygen atoms in total. The second kappa shape index (κ2) is 7.14. The lowest BCUT2D eigenvalue weighted by Gasteiger charge is -2.20. The van der Waals surface area contributed by atoms with Crippen LogP contribution in [-0.4, -0.2) is 31.7 Å². The van der Waals surface area contributed by atoms with Crippen molar-refractivity contribution in [3.05, 3.63) is 83.6 Å². The zero-order chi connectivity index (χ0) is 18.9. The predicted molar refractivity (Wildman–Crippen MR) is 110 cm³/mol. The highest BCUT2D eigenvalue weighted by Gasteiger charge is 2.25. The van der Waals surface area contributed by atoms with E-state index in [4.69, 9.17) is 16.6 Å². The summed E-state index contributed by atoms with van der Waals surface area (Å²) in [5.41, 5.74) is 7.75. The van der Waals surface area contributed by atoms with Crippen molar-refractivity contribution < 1.29 is 0 Å². The van der Waals surface area contributed by atoms with Crippen LogP contribution in [0.4, 0.5) is 5.82 Å². The summed E-state index contributed by atoms with van der Waals surface area (Å²) in [6.45, 7) is 0.823. The van der Waals surface area contributed by atoms with Crippen LogP contribution in [0, 0.1) is 0 Å². The molecule has 1 unspecified atom stereocenters. The fourth-order valence-electron chi connectivity index (χ4n) is 3.47. The summed E-state index contributed by atoms with van der Waals surface area (Å²) >= 11 is 6.04. The minimum Gasteiger partial charge on any atom is -0.310 e. The molecule has 3 heterocycles. The van der Waals surface area contributed by atoms with E-state index in [0.717, 1.165) is 29.6 Å².